The fourth-order valence-corrected chi connectivity index (χ4v) is 3.52. The van der Waals surface area contributed by atoms with Crippen molar-refractivity contribution in [2.24, 2.45) is 0 Å². The zero-order chi connectivity index (χ0) is 16.4. The van der Waals surface area contributed by atoms with Crippen molar-refractivity contribution in [2.45, 2.75) is 19.4 Å². The molecule has 0 bridgehead atoms. The second-order valence-corrected chi connectivity index (χ2v) is 5.96. The van der Waals surface area contributed by atoms with E-state index in [4.69, 9.17) is 4.74 Å². The summed E-state index contributed by atoms with van der Waals surface area (Å²) in [5.74, 6) is -0.438. The van der Waals surface area contributed by atoms with Crippen molar-refractivity contribution in [3.63, 3.8) is 0 Å². The summed E-state index contributed by atoms with van der Waals surface area (Å²) < 4.78 is 6.17. The number of carbonyl (C=O) groups is 1. The molecule has 0 aliphatic heterocycles. The van der Waals surface area contributed by atoms with Crippen LogP contribution < -0.4 is 5.56 Å². The van der Waals surface area contributed by atoms with Gasteiger partial charge in [-0.25, -0.2) is 9.78 Å². The van der Waals surface area contributed by atoms with E-state index in [0.29, 0.717) is 16.6 Å². The molecular weight excluding hydrogens is 312 g/mol. The predicted octanol–water partition coefficient (Wildman–Crippen LogP) is 3.25. The number of esters is 1. The van der Waals surface area contributed by atoms with Crippen molar-refractivity contribution in [3.8, 4) is 11.1 Å². The number of carbonyl (C=O) groups excluding carboxylic acids is 1. The van der Waals surface area contributed by atoms with Crippen LogP contribution in [0.3, 0.4) is 0 Å². The maximum atomic E-state index is 12.9. The van der Waals surface area contributed by atoms with E-state index in [1.54, 1.807) is 0 Å². The third-order valence-electron chi connectivity index (χ3n) is 3.80. The van der Waals surface area contributed by atoms with Crippen LogP contribution in [0.25, 0.3) is 21.3 Å². The number of rotatable bonds is 4. The van der Waals surface area contributed by atoms with Crippen LogP contribution in [0.5, 0.6) is 0 Å². The third-order valence-corrected chi connectivity index (χ3v) is 4.69. The Morgan fingerprint density at radius 1 is 1.35 bits per heavy atom. The zero-order valence-electron chi connectivity index (χ0n) is 12.9. The molecule has 3 rings (SSSR count). The van der Waals surface area contributed by atoms with E-state index in [1.807, 2.05) is 42.6 Å². The van der Waals surface area contributed by atoms with Crippen molar-refractivity contribution >= 4 is 27.5 Å². The molecule has 1 aromatic carbocycles. The Labute approximate surface area is 137 Å². The number of benzene rings is 1. The van der Waals surface area contributed by atoms with Crippen LogP contribution >= 0.6 is 11.3 Å². The quantitative estimate of drug-likeness (QED) is 0.690. The van der Waals surface area contributed by atoms with E-state index in [2.05, 4.69) is 4.98 Å². The van der Waals surface area contributed by atoms with E-state index in [9.17, 15) is 9.59 Å². The van der Waals surface area contributed by atoms with E-state index < -0.39 is 12.0 Å². The van der Waals surface area contributed by atoms with Crippen LogP contribution in [0.15, 0.2) is 46.8 Å². The maximum absolute atomic E-state index is 12.9. The lowest BCUT2D eigenvalue weighted by molar-refractivity contribution is -0.144. The molecule has 2 aromatic heterocycles. The Balaban J connectivity index is 2.23. The minimum atomic E-state index is -0.659. The van der Waals surface area contributed by atoms with Gasteiger partial charge in [-0.3, -0.25) is 9.36 Å². The number of methoxy groups -OCH3 is 1. The summed E-state index contributed by atoms with van der Waals surface area (Å²) in [6, 6.07) is 9.03. The van der Waals surface area contributed by atoms with Crippen LogP contribution in [0.4, 0.5) is 0 Å². The van der Waals surface area contributed by atoms with E-state index >= 15 is 0 Å². The van der Waals surface area contributed by atoms with Gasteiger partial charge in [0.2, 0.25) is 0 Å². The number of nitrogens with zero attached hydrogens (tertiary/aromatic N) is 2. The number of fused-ring (bicyclic) bond motifs is 1. The van der Waals surface area contributed by atoms with Crippen LogP contribution in [0.2, 0.25) is 0 Å². The molecular formula is C17H16N2O3S. The van der Waals surface area contributed by atoms with Gasteiger partial charge in [-0.15, -0.1) is 11.3 Å². The zero-order valence-corrected chi connectivity index (χ0v) is 13.7. The number of hydrogen-bond acceptors (Lipinski definition) is 5. The highest BCUT2D eigenvalue weighted by molar-refractivity contribution is 7.17. The van der Waals surface area contributed by atoms with Crippen molar-refractivity contribution in [3.05, 3.63) is 52.4 Å². The van der Waals surface area contributed by atoms with Crippen molar-refractivity contribution in [1.82, 2.24) is 9.55 Å². The number of aromatic nitrogens is 2. The van der Waals surface area contributed by atoms with Gasteiger partial charge in [0, 0.05) is 10.9 Å². The van der Waals surface area contributed by atoms with Crippen LogP contribution in [0.1, 0.15) is 19.4 Å². The fraction of sp³-hybridized carbons (Fsp3) is 0.235. The van der Waals surface area contributed by atoms with Gasteiger partial charge in [0.25, 0.3) is 5.56 Å². The van der Waals surface area contributed by atoms with Gasteiger partial charge < -0.3 is 4.74 Å². The van der Waals surface area contributed by atoms with E-state index in [1.165, 1.54) is 29.3 Å². The molecule has 0 saturated heterocycles. The molecule has 0 saturated carbocycles. The predicted molar refractivity (Wildman–Crippen MR) is 90.7 cm³/mol. The first-order valence-corrected chi connectivity index (χ1v) is 8.17. The molecule has 6 heteroatoms. The van der Waals surface area contributed by atoms with Gasteiger partial charge in [0.1, 0.15) is 10.9 Å². The molecule has 0 amide bonds. The van der Waals surface area contributed by atoms with Gasteiger partial charge in [0.05, 0.1) is 18.8 Å². The smallest absolute Gasteiger partial charge is 0.329 e. The Kier molecular flexibility index (Phi) is 4.25. The van der Waals surface area contributed by atoms with Gasteiger partial charge >= 0.3 is 5.97 Å². The molecule has 0 unspecified atom stereocenters. The lowest BCUT2D eigenvalue weighted by Gasteiger charge is -2.15. The van der Waals surface area contributed by atoms with Crippen LogP contribution in [0, 0.1) is 0 Å². The first kappa shape index (κ1) is 15.4. The van der Waals surface area contributed by atoms with Crippen LogP contribution in [-0.2, 0) is 9.53 Å². The lowest BCUT2D eigenvalue weighted by Crippen LogP contribution is -2.30. The average molecular weight is 328 g/mol. The minimum Gasteiger partial charge on any atom is -0.467 e. The summed E-state index contributed by atoms with van der Waals surface area (Å²) in [7, 11) is 1.32. The summed E-state index contributed by atoms with van der Waals surface area (Å²) in [5, 5.41) is 2.48. The highest BCUT2D eigenvalue weighted by atomic mass is 32.1. The standard InChI is InChI=1S/C17H16N2O3S/c1-3-13(17(21)22-2)19-10-18-15-14(16(19)20)12(9-23-15)11-7-5-4-6-8-11/h4-10,13H,3H2,1-2H3/t13-/m1/s1. The normalized spacial score (nSPS) is 12.3. The topological polar surface area (TPSA) is 61.2 Å². The highest BCUT2D eigenvalue weighted by Gasteiger charge is 2.23. The molecule has 23 heavy (non-hydrogen) atoms. The molecule has 0 N–H and O–H groups in total. The Bertz CT molecular complexity index is 899. The molecule has 0 radical (unpaired) electrons. The average Bonchev–Trinajstić information content (AvgIpc) is 3.03. The molecule has 0 fully saturated rings. The number of thiophene rings is 1. The third kappa shape index (κ3) is 2.66. The maximum Gasteiger partial charge on any atom is 0.329 e. The second-order valence-electron chi connectivity index (χ2n) is 5.10. The lowest BCUT2D eigenvalue weighted by atomic mass is 10.1. The Morgan fingerprint density at radius 3 is 2.74 bits per heavy atom. The summed E-state index contributed by atoms with van der Waals surface area (Å²) in [4.78, 5) is 29.9. The minimum absolute atomic E-state index is 0.215. The SMILES string of the molecule is CC[C@H](C(=O)OC)n1cnc2scc(-c3ccccc3)c2c1=O. The molecule has 118 valence electrons. The molecule has 0 aliphatic carbocycles. The van der Waals surface area contributed by atoms with Gasteiger partial charge in [-0.1, -0.05) is 37.3 Å². The number of ether oxygens (including phenoxy) is 1. The van der Waals surface area contributed by atoms with Crippen molar-refractivity contribution in [1.29, 1.82) is 0 Å². The summed E-state index contributed by atoms with van der Waals surface area (Å²) in [5.41, 5.74) is 1.59. The summed E-state index contributed by atoms with van der Waals surface area (Å²) >= 11 is 1.42. The largest absolute Gasteiger partial charge is 0.467 e. The van der Waals surface area contributed by atoms with Crippen molar-refractivity contribution in [2.75, 3.05) is 7.11 Å². The highest BCUT2D eigenvalue weighted by Crippen LogP contribution is 2.30. The first-order chi connectivity index (χ1) is 11.2. The molecule has 1 atom stereocenters. The fourth-order valence-electron chi connectivity index (χ4n) is 2.61. The molecule has 0 aliphatic rings. The summed E-state index contributed by atoms with van der Waals surface area (Å²) in [6.07, 6.45) is 1.89. The second kappa shape index (κ2) is 6.34. The summed E-state index contributed by atoms with van der Waals surface area (Å²) in [6.45, 7) is 1.84. The monoisotopic (exact) mass is 328 g/mol. The van der Waals surface area contributed by atoms with E-state index in [0.717, 1.165) is 11.1 Å². The number of hydrogen-bond donors (Lipinski definition) is 0. The van der Waals surface area contributed by atoms with Crippen molar-refractivity contribution < 1.29 is 9.53 Å². The molecule has 2 heterocycles. The van der Waals surface area contributed by atoms with Crippen LogP contribution in [-0.4, -0.2) is 22.6 Å². The van der Waals surface area contributed by atoms with Gasteiger partial charge in [0.15, 0.2) is 0 Å². The molecule has 5 nitrogen and oxygen atoms in total. The van der Waals surface area contributed by atoms with Gasteiger partial charge in [-0.05, 0) is 12.0 Å². The first-order valence-electron chi connectivity index (χ1n) is 7.29. The van der Waals surface area contributed by atoms with Gasteiger partial charge in [-0.2, -0.15) is 0 Å². The Hall–Kier alpha value is -2.47. The Morgan fingerprint density at radius 2 is 2.09 bits per heavy atom. The molecule has 0 spiro atoms. The van der Waals surface area contributed by atoms with E-state index in [-0.39, 0.29) is 5.56 Å². The molecule has 3 aromatic rings.